The molecular weight excluding hydrogens is 180 g/mol. The summed E-state index contributed by atoms with van der Waals surface area (Å²) in [6.45, 7) is 2.48. The van der Waals surface area contributed by atoms with Gasteiger partial charge in [-0.15, -0.1) is 0 Å². The number of hydrogen-bond acceptors (Lipinski definition) is 3. The van der Waals surface area contributed by atoms with Gasteiger partial charge in [-0.05, 0) is 25.7 Å². The second-order valence-electron chi connectivity index (χ2n) is 4.19. The summed E-state index contributed by atoms with van der Waals surface area (Å²) >= 11 is 0. The van der Waals surface area contributed by atoms with Gasteiger partial charge in [-0.3, -0.25) is 4.79 Å². The number of hydrogen-bond donors (Lipinski definition) is 3. The van der Waals surface area contributed by atoms with Crippen molar-refractivity contribution in [3.63, 3.8) is 0 Å². The molecule has 0 bridgehead atoms. The fourth-order valence-corrected chi connectivity index (χ4v) is 2.02. The highest BCUT2D eigenvalue weighted by molar-refractivity contribution is 5.73. The van der Waals surface area contributed by atoms with Crippen molar-refractivity contribution in [2.45, 2.75) is 44.7 Å². The zero-order chi connectivity index (χ0) is 10.6. The highest BCUT2D eigenvalue weighted by atomic mass is 16.4. The van der Waals surface area contributed by atoms with Crippen LogP contribution in [-0.2, 0) is 4.79 Å². The van der Waals surface area contributed by atoms with E-state index in [0.717, 1.165) is 0 Å². The average Bonchev–Trinajstić information content (AvgIpc) is 2.66. The van der Waals surface area contributed by atoms with E-state index >= 15 is 0 Å². The van der Waals surface area contributed by atoms with Crippen molar-refractivity contribution in [1.82, 2.24) is 5.32 Å². The Bertz CT molecular complexity index is 191. The maximum absolute atomic E-state index is 10.5. The molecule has 0 aromatic rings. The molecule has 2 atom stereocenters. The molecule has 0 heterocycles. The van der Waals surface area contributed by atoms with E-state index in [1.165, 1.54) is 25.7 Å². The van der Waals surface area contributed by atoms with Gasteiger partial charge in [0.25, 0.3) is 0 Å². The third-order valence-electron chi connectivity index (χ3n) is 3.08. The smallest absolute Gasteiger partial charge is 0.321 e. The lowest BCUT2D eigenvalue weighted by Gasteiger charge is -2.21. The van der Waals surface area contributed by atoms with E-state index in [2.05, 4.69) is 12.2 Å². The number of nitrogens with two attached hydrogens (primary N) is 1. The summed E-state index contributed by atoms with van der Waals surface area (Å²) < 4.78 is 0. The number of rotatable bonds is 5. The van der Waals surface area contributed by atoms with Crippen molar-refractivity contribution in [2.75, 3.05) is 6.54 Å². The summed E-state index contributed by atoms with van der Waals surface area (Å²) in [5.74, 6) is -0.230. The Morgan fingerprint density at radius 3 is 2.64 bits per heavy atom. The molecule has 1 saturated carbocycles. The molecular formula is C10H20N2O2. The molecule has 14 heavy (non-hydrogen) atoms. The van der Waals surface area contributed by atoms with Gasteiger partial charge in [0.05, 0.1) is 0 Å². The largest absolute Gasteiger partial charge is 0.480 e. The summed E-state index contributed by atoms with van der Waals surface area (Å²) in [6.07, 6.45) is 5.14. The molecule has 82 valence electrons. The van der Waals surface area contributed by atoms with Gasteiger partial charge in [-0.25, -0.2) is 0 Å². The quantitative estimate of drug-likeness (QED) is 0.606. The molecule has 0 amide bonds. The van der Waals surface area contributed by atoms with E-state index in [4.69, 9.17) is 10.8 Å². The van der Waals surface area contributed by atoms with Crippen LogP contribution in [0.5, 0.6) is 0 Å². The molecule has 0 aromatic carbocycles. The van der Waals surface area contributed by atoms with Crippen LogP contribution < -0.4 is 11.1 Å². The highest BCUT2D eigenvalue weighted by Crippen LogP contribution is 2.27. The fraction of sp³-hybridized carbons (Fsp3) is 0.900. The molecule has 0 radical (unpaired) electrons. The van der Waals surface area contributed by atoms with E-state index in [9.17, 15) is 4.79 Å². The van der Waals surface area contributed by atoms with Crippen LogP contribution in [0.25, 0.3) is 0 Å². The first-order valence-electron chi connectivity index (χ1n) is 5.33. The van der Waals surface area contributed by atoms with E-state index in [-0.39, 0.29) is 0 Å². The summed E-state index contributed by atoms with van der Waals surface area (Å²) in [5.41, 5.74) is 5.40. The van der Waals surface area contributed by atoms with Crippen molar-refractivity contribution < 1.29 is 9.90 Å². The third-order valence-corrected chi connectivity index (χ3v) is 3.08. The Labute approximate surface area is 84.9 Å². The number of carbonyl (C=O) groups is 1. The molecule has 4 heteroatoms. The zero-order valence-corrected chi connectivity index (χ0v) is 8.70. The first-order valence-corrected chi connectivity index (χ1v) is 5.33. The first-order chi connectivity index (χ1) is 6.61. The second kappa shape index (κ2) is 5.32. The highest BCUT2D eigenvalue weighted by Gasteiger charge is 2.22. The van der Waals surface area contributed by atoms with E-state index in [1.54, 1.807) is 0 Å². The maximum Gasteiger partial charge on any atom is 0.321 e. The van der Waals surface area contributed by atoms with Gasteiger partial charge < -0.3 is 16.2 Å². The molecule has 1 aliphatic carbocycles. The first kappa shape index (κ1) is 11.5. The lowest BCUT2D eigenvalue weighted by atomic mass is 10.00. The SMILES string of the molecule is C[C@H](NCC(N)C(=O)O)C1CCCC1. The Hall–Kier alpha value is -0.610. The topological polar surface area (TPSA) is 75.3 Å². The van der Waals surface area contributed by atoms with Crippen LogP contribution in [0.4, 0.5) is 0 Å². The van der Waals surface area contributed by atoms with Gasteiger partial charge in [0.2, 0.25) is 0 Å². The molecule has 1 rings (SSSR count). The predicted octanol–water partition coefficient (Wildman–Crippen LogP) is 0.567. The molecule has 1 aliphatic rings. The lowest BCUT2D eigenvalue weighted by molar-refractivity contribution is -0.138. The van der Waals surface area contributed by atoms with Gasteiger partial charge in [0.1, 0.15) is 6.04 Å². The second-order valence-corrected chi connectivity index (χ2v) is 4.19. The van der Waals surface area contributed by atoms with E-state index in [1.807, 2.05) is 0 Å². The minimum absolute atomic E-state index is 0.368. The molecule has 0 aliphatic heterocycles. The van der Waals surface area contributed by atoms with Gasteiger partial charge in [0, 0.05) is 12.6 Å². The fourth-order valence-electron chi connectivity index (χ4n) is 2.02. The molecule has 4 nitrogen and oxygen atoms in total. The van der Waals surface area contributed by atoms with Crippen molar-refractivity contribution in [3.05, 3.63) is 0 Å². The number of carboxylic acids is 1. The Kier molecular flexibility index (Phi) is 4.35. The lowest BCUT2D eigenvalue weighted by Crippen LogP contribution is -2.44. The van der Waals surface area contributed by atoms with Crippen molar-refractivity contribution in [1.29, 1.82) is 0 Å². The van der Waals surface area contributed by atoms with Crippen LogP contribution >= 0.6 is 0 Å². The number of aliphatic carboxylic acids is 1. The van der Waals surface area contributed by atoms with Crippen LogP contribution in [0.15, 0.2) is 0 Å². The number of carboxylic acid groups (broad SMARTS) is 1. The maximum atomic E-state index is 10.5. The zero-order valence-electron chi connectivity index (χ0n) is 8.70. The van der Waals surface area contributed by atoms with E-state index in [0.29, 0.717) is 18.5 Å². The molecule has 0 spiro atoms. The summed E-state index contributed by atoms with van der Waals surface area (Å²) in [7, 11) is 0. The van der Waals surface area contributed by atoms with Gasteiger partial charge >= 0.3 is 5.97 Å². The summed E-state index contributed by atoms with van der Waals surface area (Å²) in [5, 5.41) is 11.8. The standard InChI is InChI=1S/C10H20N2O2/c1-7(8-4-2-3-5-8)12-6-9(11)10(13)14/h7-9,12H,2-6,11H2,1H3,(H,13,14)/t7-,9?/m0/s1. The summed E-state index contributed by atoms with van der Waals surface area (Å²) in [6, 6.07) is -0.387. The number of nitrogens with one attached hydrogen (secondary N) is 1. The molecule has 4 N–H and O–H groups in total. The van der Waals surface area contributed by atoms with E-state index < -0.39 is 12.0 Å². The summed E-state index contributed by atoms with van der Waals surface area (Å²) in [4.78, 5) is 10.5. The van der Waals surface area contributed by atoms with Crippen molar-refractivity contribution in [3.8, 4) is 0 Å². The Morgan fingerprint density at radius 2 is 2.14 bits per heavy atom. The van der Waals surface area contributed by atoms with Crippen molar-refractivity contribution >= 4 is 5.97 Å². The van der Waals surface area contributed by atoms with Gasteiger partial charge in [0.15, 0.2) is 0 Å². The van der Waals surface area contributed by atoms with Crippen LogP contribution in [0.2, 0.25) is 0 Å². The predicted molar refractivity (Wildman–Crippen MR) is 55.0 cm³/mol. The molecule has 1 fully saturated rings. The molecule has 0 aromatic heterocycles. The normalized spacial score (nSPS) is 22.1. The van der Waals surface area contributed by atoms with Crippen molar-refractivity contribution in [2.24, 2.45) is 11.7 Å². The monoisotopic (exact) mass is 200 g/mol. The minimum Gasteiger partial charge on any atom is -0.480 e. The molecule has 0 saturated heterocycles. The van der Waals surface area contributed by atoms with Crippen LogP contribution in [-0.4, -0.2) is 29.7 Å². The average molecular weight is 200 g/mol. The van der Waals surface area contributed by atoms with Gasteiger partial charge in [-0.1, -0.05) is 12.8 Å². The van der Waals surface area contributed by atoms with Crippen LogP contribution in [0, 0.1) is 5.92 Å². The van der Waals surface area contributed by atoms with Gasteiger partial charge in [-0.2, -0.15) is 0 Å². The Morgan fingerprint density at radius 1 is 1.57 bits per heavy atom. The van der Waals surface area contributed by atoms with Crippen LogP contribution in [0.3, 0.4) is 0 Å². The van der Waals surface area contributed by atoms with Crippen LogP contribution in [0.1, 0.15) is 32.6 Å². The molecule has 1 unspecified atom stereocenters. The third kappa shape index (κ3) is 3.27. The minimum atomic E-state index is -0.934. The Balaban J connectivity index is 2.19.